The molecule has 0 spiro atoms. The second kappa shape index (κ2) is 6.76. The van der Waals surface area contributed by atoms with Crippen molar-refractivity contribution in [1.29, 1.82) is 0 Å². The molecule has 0 atom stereocenters. The van der Waals surface area contributed by atoms with Crippen LogP contribution in [0.2, 0.25) is 0 Å². The van der Waals surface area contributed by atoms with Crippen LogP contribution in [-0.2, 0) is 11.3 Å². The van der Waals surface area contributed by atoms with Gasteiger partial charge in [0.2, 0.25) is 11.3 Å². The van der Waals surface area contributed by atoms with Crippen molar-refractivity contribution in [2.45, 2.75) is 37.3 Å². The fourth-order valence-electron chi connectivity index (χ4n) is 5.21. The molecular formula is C24H19N4O2S2+. The Morgan fingerprint density at radius 1 is 1.03 bits per heavy atom. The van der Waals surface area contributed by atoms with Gasteiger partial charge in [0, 0.05) is 31.4 Å². The highest BCUT2D eigenvalue weighted by molar-refractivity contribution is 8.03. The Hall–Kier alpha value is -2.97. The highest BCUT2D eigenvalue weighted by atomic mass is 32.2. The summed E-state index contributed by atoms with van der Waals surface area (Å²) in [5.41, 5.74) is 5.13. The van der Waals surface area contributed by atoms with Gasteiger partial charge in [0.25, 0.3) is 5.01 Å². The number of ketones is 1. The molecule has 3 aromatic rings. The summed E-state index contributed by atoms with van der Waals surface area (Å²) in [6.45, 7) is 1.82. The van der Waals surface area contributed by atoms with Crippen LogP contribution >= 0.6 is 23.1 Å². The van der Waals surface area contributed by atoms with Crippen LogP contribution in [0.4, 0.5) is 5.69 Å². The van der Waals surface area contributed by atoms with Crippen molar-refractivity contribution in [3.8, 4) is 0 Å². The third kappa shape index (κ3) is 2.42. The number of carbonyl (C=O) groups is 1. The first kappa shape index (κ1) is 18.6. The van der Waals surface area contributed by atoms with E-state index in [1.54, 1.807) is 35.5 Å². The third-order valence-corrected chi connectivity index (χ3v) is 8.96. The summed E-state index contributed by atoms with van der Waals surface area (Å²) in [7, 11) is 0. The molecule has 0 saturated heterocycles. The number of pyridine rings is 2. The Bertz CT molecular complexity index is 1450. The zero-order valence-corrected chi connectivity index (χ0v) is 18.8. The molecule has 4 aliphatic rings. The van der Waals surface area contributed by atoms with Gasteiger partial charge in [-0.3, -0.25) is 4.79 Å². The number of aromatic nitrogens is 3. The second-order valence-corrected chi connectivity index (χ2v) is 10.3. The van der Waals surface area contributed by atoms with Crippen LogP contribution < -0.4 is 9.47 Å². The summed E-state index contributed by atoms with van der Waals surface area (Å²) < 4.78 is 2.25. The zero-order chi connectivity index (χ0) is 21.4. The number of Topliss-reactive ketones (excluding diaryl/α,β-unsaturated/α-hetero) is 1. The van der Waals surface area contributed by atoms with Gasteiger partial charge in [-0.05, 0) is 66.1 Å². The molecule has 0 saturated carbocycles. The smallest absolute Gasteiger partial charge is 0.268 e. The summed E-state index contributed by atoms with van der Waals surface area (Å²) in [5.74, 6) is 0.142. The molecular weight excluding hydrogens is 440 g/mol. The SMILES string of the molecule is O=C1C(C2=C3Sc4ncccc4N3CCC2)=C(O)/C1=C1/CCC[n+]2c1sc1ncccc12. The van der Waals surface area contributed by atoms with Crippen molar-refractivity contribution in [1.82, 2.24) is 9.97 Å². The number of rotatable bonds is 1. The number of thiazole rings is 1. The Morgan fingerprint density at radius 2 is 1.88 bits per heavy atom. The lowest BCUT2D eigenvalue weighted by Gasteiger charge is -2.32. The molecule has 158 valence electrons. The standard InChI is InChI=1S/C24H18N4O2S2/c29-19-17(13-5-3-11-27-15-7-1-9-25-21(15)31-23(13)27)20(30)18(19)14-6-4-12-28-16-8-2-10-26-22(16)32-24(14)28/h1-2,7-10H,3-6,11-12H2/p+1. The van der Waals surface area contributed by atoms with E-state index in [9.17, 15) is 9.90 Å². The van der Waals surface area contributed by atoms with Gasteiger partial charge in [-0.25, -0.2) is 9.97 Å². The maximum Gasteiger partial charge on any atom is 0.268 e. The third-order valence-electron chi connectivity index (χ3n) is 6.63. The summed E-state index contributed by atoms with van der Waals surface area (Å²) in [6.07, 6.45) is 7.10. The minimum absolute atomic E-state index is 0.0229. The number of aryl methyl sites for hydroxylation is 1. The maximum absolute atomic E-state index is 13.5. The van der Waals surface area contributed by atoms with E-state index >= 15 is 0 Å². The van der Waals surface area contributed by atoms with E-state index in [4.69, 9.17) is 0 Å². The van der Waals surface area contributed by atoms with Crippen LogP contribution in [-0.4, -0.2) is 27.4 Å². The van der Waals surface area contributed by atoms with Gasteiger partial charge in [-0.2, -0.15) is 4.57 Å². The Balaban J connectivity index is 1.37. The molecule has 0 unspecified atom stereocenters. The predicted molar refractivity (Wildman–Crippen MR) is 124 cm³/mol. The minimum Gasteiger partial charge on any atom is -0.506 e. The number of hydrogen-bond donors (Lipinski definition) is 1. The van der Waals surface area contributed by atoms with Gasteiger partial charge < -0.3 is 10.0 Å². The molecule has 1 N–H and O–H groups in total. The van der Waals surface area contributed by atoms with Crippen molar-refractivity contribution >= 4 is 50.5 Å². The molecule has 1 aliphatic carbocycles. The van der Waals surface area contributed by atoms with Gasteiger partial charge in [0.1, 0.15) is 10.8 Å². The lowest BCUT2D eigenvalue weighted by Crippen LogP contribution is -2.40. The summed E-state index contributed by atoms with van der Waals surface area (Å²) >= 11 is 3.22. The van der Waals surface area contributed by atoms with Crippen LogP contribution in [0.15, 0.2) is 69.2 Å². The molecule has 6 nitrogen and oxygen atoms in total. The maximum atomic E-state index is 13.5. The highest BCUT2D eigenvalue weighted by Crippen LogP contribution is 2.52. The number of anilines is 1. The van der Waals surface area contributed by atoms with Crippen molar-refractivity contribution in [3.63, 3.8) is 0 Å². The monoisotopic (exact) mass is 459 g/mol. The number of aliphatic hydroxyl groups is 1. The molecule has 3 aliphatic heterocycles. The Morgan fingerprint density at radius 3 is 2.78 bits per heavy atom. The predicted octanol–water partition coefficient (Wildman–Crippen LogP) is 4.54. The zero-order valence-electron chi connectivity index (χ0n) is 17.2. The molecule has 0 fully saturated rings. The summed E-state index contributed by atoms with van der Waals surface area (Å²) in [6, 6.07) is 8.04. The van der Waals surface area contributed by atoms with Crippen LogP contribution in [0, 0.1) is 0 Å². The number of hydrogen-bond acceptors (Lipinski definition) is 7. The van der Waals surface area contributed by atoms with Crippen LogP contribution in [0.1, 0.15) is 30.7 Å². The largest absolute Gasteiger partial charge is 0.506 e. The first-order valence-electron chi connectivity index (χ1n) is 10.9. The average Bonchev–Trinajstić information content (AvgIpc) is 3.39. The molecule has 0 radical (unpaired) electrons. The lowest BCUT2D eigenvalue weighted by molar-refractivity contribution is -0.672. The van der Waals surface area contributed by atoms with Crippen LogP contribution in [0.5, 0.6) is 0 Å². The molecule has 7 rings (SSSR count). The van der Waals surface area contributed by atoms with Gasteiger partial charge in [0.15, 0.2) is 11.4 Å². The lowest BCUT2D eigenvalue weighted by atomic mass is 9.78. The molecule has 8 heteroatoms. The van der Waals surface area contributed by atoms with Crippen molar-refractivity contribution < 1.29 is 14.5 Å². The van der Waals surface area contributed by atoms with E-state index in [-0.39, 0.29) is 11.5 Å². The van der Waals surface area contributed by atoms with E-state index in [1.165, 1.54) is 0 Å². The van der Waals surface area contributed by atoms with Crippen molar-refractivity contribution in [2.75, 3.05) is 11.4 Å². The summed E-state index contributed by atoms with van der Waals surface area (Å²) in [4.78, 5) is 25.7. The molecule has 0 aromatic carbocycles. The quantitative estimate of drug-likeness (QED) is 0.426. The number of fused-ring (bicyclic) bond motifs is 6. The average molecular weight is 460 g/mol. The molecule has 6 heterocycles. The van der Waals surface area contributed by atoms with E-state index in [2.05, 4.69) is 31.6 Å². The van der Waals surface area contributed by atoms with Crippen LogP contribution in [0.3, 0.4) is 0 Å². The first-order chi connectivity index (χ1) is 15.7. The Labute approximate surface area is 192 Å². The normalized spacial score (nSPS) is 22.2. The number of allylic oxidation sites excluding steroid dienone is 4. The molecule has 0 amide bonds. The highest BCUT2D eigenvalue weighted by Gasteiger charge is 2.45. The molecule has 3 aromatic heterocycles. The minimum atomic E-state index is -0.0229. The van der Waals surface area contributed by atoms with E-state index in [0.717, 1.165) is 81.0 Å². The topological polar surface area (TPSA) is 70.2 Å². The van der Waals surface area contributed by atoms with Gasteiger partial charge in [-0.15, -0.1) is 0 Å². The van der Waals surface area contributed by atoms with E-state index in [1.807, 2.05) is 12.1 Å². The van der Waals surface area contributed by atoms with Gasteiger partial charge >= 0.3 is 0 Å². The summed E-state index contributed by atoms with van der Waals surface area (Å²) in [5, 5.41) is 14.3. The fraction of sp³-hybridized carbons (Fsp3) is 0.250. The van der Waals surface area contributed by atoms with Crippen molar-refractivity contribution in [3.05, 3.63) is 69.2 Å². The van der Waals surface area contributed by atoms with E-state index in [0.29, 0.717) is 11.1 Å². The number of nitrogens with zero attached hydrogens (tertiary/aromatic N) is 4. The fourth-order valence-corrected chi connectivity index (χ4v) is 7.62. The van der Waals surface area contributed by atoms with Crippen molar-refractivity contribution in [2.24, 2.45) is 0 Å². The number of thioether (sulfide) groups is 1. The van der Waals surface area contributed by atoms with Crippen LogP contribution in [0.25, 0.3) is 15.9 Å². The second-order valence-electron chi connectivity index (χ2n) is 8.37. The van der Waals surface area contributed by atoms with E-state index < -0.39 is 0 Å². The van der Waals surface area contributed by atoms with Gasteiger partial charge in [-0.1, -0.05) is 0 Å². The molecule has 32 heavy (non-hydrogen) atoms. The Kier molecular flexibility index (Phi) is 3.93. The first-order valence-corrected chi connectivity index (χ1v) is 12.5. The number of carbonyl (C=O) groups excluding carboxylic acids is 1. The van der Waals surface area contributed by atoms with Gasteiger partial charge in [0.05, 0.1) is 27.4 Å². The molecule has 0 bridgehead atoms. The number of aliphatic hydroxyl groups excluding tert-OH is 1.